The Kier molecular flexibility index (Phi) is 9.21. The second-order valence-electron chi connectivity index (χ2n) is 3.93. The maximum Gasteiger partial charge on any atom is 0.316 e. The van der Waals surface area contributed by atoms with Crippen molar-refractivity contribution in [3.63, 3.8) is 0 Å². The lowest BCUT2D eigenvalue weighted by molar-refractivity contribution is -0.142. The van der Waals surface area contributed by atoms with Gasteiger partial charge in [-0.1, -0.05) is 13.8 Å². The number of rotatable bonds is 5. The van der Waals surface area contributed by atoms with Gasteiger partial charge in [-0.05, 0) is 0 Å². The van der Waals surface area contributed by atoms with Gasteiger partial charge in [-0.15, -0.1) is 0 Å². The quantitative estimate of drug-likeness (QED) is 0.435. The number of carbonyl (C=O) groups is 2. The van der Waals surface area contributed by atoms with Crippen molar-refractivity contribution in [2.24, 2.45) is 5.41 Å². The molecule has 0 fully saturated rings. The first-order valence-corrected chi connectivity index (χ1v) is 5.02. The summed E-state index contributed by atoms with van der Waals surface area (Å²) < 4.78 is 0. The van der Waals surface area contributed by atoms with E-state index in [2.05, 4.69) is 12.6 Å². The highest BCUT2D eigenvalue weighted by Crippen LogP contribution is 2.10. The number of hydrogen-bond donors (Lipinski definition) is 5. The Morgan fingerprint density at radius 2 is 1.56 bits per heavy atom. The fourth-order valence-electron chi connectivity index (χ4n) is 0.303. The molecule has 0 aliphatic carbocycles. The van der Waals surface area contributed by atoms with Gasteiger partial charge in [0.25, 0.3) is 0 Å². The Morgan fingerprint density at radius 3 is 1.62 bits per heavy atom. The molecule has 0 rings (SSSR count). The third-order valence-corrected chi connectivity index (χ3v) is 1.91. The minimum atomic E-state index is -1.21. The van der Waals surface area contributed by atoms with Crippen LogP contribution < -0.4 is 0 Å². The highest BCUT2D eigenvalue weighted by atomic mass is 32.1. The maximum atomic E-state index is 9.90. The van der Waals surface area contributed by atoms with Gasteiger partial charge in [0.15, 0.2) is 0 Å². The summed E-state index contributed by atoms with van der Waals surface area (Å²) in [6.07, 6.45) is -0.446. The lowest BCUT2D eigenvalue weighted by Gasteiger charge is -2.16. The molecule has 0 bridgehead atoms. The average molecular weight is 254 g/mol. The zero-order chi connectivity index (χ0) is 13.4. The highest BCUT2D eigenvalue weighted by molar-refractivity contribution is 7.81. The summed E-state index contributed by atoms with van der Waals surface area (Å²) in [4.78, 5) is 19.7. The van der Waals surface area contributed by atoms with Crippen molar-refractivity contribution >= 4 is 24.6 Å². The molecule has 0 aliphatic heterocycles. The van der Waals surface area contributed by atoms with Crippen LogP contribution in [0.1, 0.15) is 20.3 Å². The van der Waals surface area contributed by atoms with Crippen LogP contribution in [-0.2, 0) is 9.59 Å². The summed E-state index contributed by atoms with van der Waals surface area (Å²) in [6.45, 7) is 3.69. The number of aliphatic carboxylic acids is 2. The van der Waals surface area contributed by atoms with E-state index < -0.39 is 23.6 Å². The van der Waals surface area contributed by atoms with Crippen LogP contribution in [0, 0.1) is 5.41 Å². The van der Waals surface area contributed by atoms with Gasteiger partial charge in [0.05, 0.1) is 19.6 Å². The molecule has 0 aromatic heterocycles. The van der Waals surface area contributed by atoms with Crippen molar-refractivity contribution in [1.82, 2.24) is 0 Å². The molecule has 0 aliphatic rings. The second kappa shape index (κ2) is 8.37. The number of thiol groups is 1. The summed E-state index contributed by atoms with van der Waals surface area (Å²) >= 11 is 3.48. The Morgan fingerprint density at radius 1 is 1.19 bits per heavy atom. The van der Waals surface area contributed by atoms with Crippen LogP contribution >= 0.6 is 12.6 Å². The molecule has 0 heterocycles. The van der Waals surface area contributed by atoms with Crippen LogP contribution in [0.15, 0.2) is 0 Å². The Hall–Kier alpha value is -0.790. The smallest absolute Gasteiger partial charge is 0.316 e. The fourth-order valence-corrected chi connectivity index (χ4v) is 0.459. The van der Waals surface area contributed by atoms with Crippen LogP contribution in [0.5, 0.6) is 0 Å². The van der Waals surface area contributed by atoms with Gasteiger partial charge in [0, 0.05) is 5.41 Å². The molecule has 0 aromatic carbocycles. The molecule has 7 heteroatoms. The SMILES string of the molecule is CC(C)(CO)CO.O=C(O)CC(S)C(=O)O. The fraction of sp³-hybridized carbons (Fsp3) is 0.778. The van der Waals surface area contributed by atoms with Gasteiger partial charge in [0.2, 0.25) is 0 Å². The van der Waals surface area contributed by atoms with Crippen LogP contribution in [0.4, 0.5) is 0 Å². The maximum absolute atomic E-state index is 9.90. The van der Waals surface area contributed by atoms with Crippen LogP contribution in [-0.4, -0.2) is 50.8 Å². The number of carboxylic acid groups (broad SMARTS) is 2. The van der Waals surface area contributed by atoms with E-state index in [1.807, 2.05) is 0 Å². The summed E-state index contributed by atoms with van der Waals surface area (Å²) in [5.74, 6) is -2.36. The molecule has 0 amide bonds. The largest absolute Gasteiger partial charge is 0.481 e. The number of aliphatic hydroxyl groups is 2. The summed E-state index contributed by atoms with van der Waals surface area (Å²) in [5.41, 5.74) is -0.306. The van der Waals surface area contributed by atoms with Gasteiger partial charge in [-0.25, -0.2) is 0 Å². The lowest BCUT2D eigenvalue weighted by atomic mass is 9.97. The molecule has 6 nitrogen and oxygen atoms in total. The molecule has 96 valence electrons. The minimum absolute atomic E-state index is 0.0451. The molecular weight excluding hydrogens is 236 g/mol. The molecule has 0 spiro atoms. The molecular formula is C9H18O6S. The normalized spacial score (nSPS) is 12.3. The molecule has 0 aromatic rings. The van der Waals surface area contributed by atoms with Crippen molar-refractivity contribution in [2.75, 3.05) is 13.2 Å². The zero-order valence-electron chi connectivity index (χ0n) is 9.25. The predicted octanol–water partition coefficient (Wildman–Crippen LogP) is -0.159. The van der Waals surface area contributed by atoms with E-state index >= 15 is 0 Å². The van der Waals surface area contributed by atoms with E-state index in [0.29, 0.717) is 0 Å². The van der Waals surface area contributed by atoms with Crippen molar-refractivity contribution in [1.29, 1.82) is 0 Å². The Labute approximate surface area is 99.3 Å². The Balaban J connectivity index is 0. The molecule has 4 N–H and O–H groups in total. The standard InChI is InChI=1S/C5H12O2.C4H6O4S/c1-5(2,3-6)4-7;5-3(6)1-2(9)4(7)8/h6-7H,3-4H2,1-2H3;2,9H,1H2,(H,5,6)(H,7,8). The summed E-state index contributed by atoms with van der Waals surface area (Å²) in [6, 6.07) is 0. The molecule has 0 radical (unpaired) electrons. The van der Waals surface area contributed by atoms with Gasteiger partial charge < -0.3 is 20.4 Å². The van der Waals surface area contributed by atoms with Crippen LogP contribution in [0.25, 0.3) is 0 Å². The van der Waals surface area contributed by atoms with Crippen molar-refractivity contribution in [2.45, 2.75) is 25.5 Å². The van der Waals surface area contributed by atoms with E-state index in [1.165, 1.54) is 0 Å². The number of aliphatic hydroxyl groups excluding tert-OH is 2. The third kappa shape index (κ3) is 11.3. The second-order valence-corrected chi connectivity index (χ2v) is 4.56. The predicted molar refractivity (Wildman–Crippen MR) is 60.6 cm³/mol. The molecule has 0 saturated heterocycles. The van der Waals surface area contributed by atoms with Gasteiger partial charge >= 0.3 is 11.9 Å². The van der Waals surface area contributed by atoms with Gasteiger partial charge in [0.1, 0.15) is 5.25 Å². The Bertz CT molecular complexity index is 222. The van der Waals surface area contributed by atoms with E-state index in [-0.39, 0.29) is 18.6 Å². The van der Waals surface area contributed by atoms with Crippen LogP contribution in [0.3, 0.4) is 0 Å². The molecule has 16 heavy (non-hydrogen) atoms. The third-order valence-electron chi connectivity index (χ3n) is 1.51. The average Bonchev–Trinajstić information content (AvgIpc) is 2.17. The van der Waals surface area contributed by atoms with Gasteiger partial charge in [-0.2, -0.15) is 12.6 Å². The highest BCUT2D eigenvalue weighted by Gasteiger charge is 2.15. The topological polar surface area (TPSA) is 115 Å². The van der Waals surface area contributed by atoms with Crippen LogP contribution in [0.2, 0.25) is 0 Å². The molecule has 1 unspecified atom stereocenters. The number of carboxylic acids is 2. The van der Waals surface area contributed by atoms with Crippen molar-refractivity contribution < 1.29 is 30.0 Å². The monoisotopic (exact) mass is 254 g/mol. The summed E-state index contributed by atoms with van der Waals surface area (Å²) in [5, 5.41) is 31.9. The minimum Gasteiger partial charge on any atom is -0.481 e. The zero-order valence-corrected chi connectivity index (χ0v) is 10.1. The summed E-state index contributed by atoms with van der Waals surface area (Å²) in [7, 11) is 0. The van der Waals surface area contributed by atoms with E-state index in [1.54, 1.807) is 13.8 Å². The molecule has 1 atom stereocenters. The first kappa shape index (κ1) is 17.6. The van der Waals surface area contributed by atoms with E-state index in [4.69, 9.17) is 20.4 Å². The first-order valence-electron chi connectivity index (χ1n) is 4.50. The van der Waals surface area contributed by atoms with Gasteiger partial charge in [-0.3, -0.25) is 9.59 Å². The number of hydrogen-bond acceptors (Lipinski definition) is 5. The van der Waals surface area contributed by atoms with E-state index in [9.17, 15) is 9.59 Å². The molecule has 0 saturated carbocycles. The van der Waals surface area contributed by atoms with Crippen molar-refractivity contribution in [3.05, 3.63) is 0 Å². The lowest BCUT2D eigenvalue weighted by Crippen LogP contribution is -2.20. The van der Waals surface area contributed by atoms with Crippen molar-refractivity contribution in [3.8, 4) is 0 Å². The van der Waals surface area contributed by atoms with E-state index in [0.717, 1.165) is 0 Å². The first-order chi connectivity index (χ1) is 7.16.